The van der Waals surface area contributed by atoms with E-state index in [4.69, 9.17) is 4.99 Å². The van der Waals surface area contributed by atoms with E-state index in [-0.39, 0.29) is 23.2 Å². The Kier molecular flexibility index (Phi) is 5.73. The monoisotopic (exact) mass is 438 g/mol. The average molecular weight is 439 g/mol. The highest BCUT2D eigenvalue weighted by atomic mass is 16.2. The van der Waals surface area contributed by atoms with Crippen LogP contribution in [-0.4, -0.2) is 26.3 Å². The van der Waals surface area contributed by atoms with Crippen LogP contribution < -0.4 is 11.0 Å². The van der Waals surface area contributed by atoms with Crippen molar-refractivity contribution < 1.29 is 4.79 Å². The van der Waals surface area contributed by atoms with Crippen LogP contribution >= 0.6 is 0 Å². The van der Waals surface area contributed by atoms with Crippen LogP contribution in [0.5, 0.6) is 0 Å². The summed E-state index contributed by atoms with van der Waals surface area (Å²) in [5, 5.41) is 5.54. The maximum absolute atomic E-state index is 13.9. The van der Waals surface area contributed by atoms with Gasteiger partial charge in [0.25, 0.3) is 11.5 Å². The predicted octanol–water partition coefficient (Wildman–Crippen LogP) is 4.42. The molecule has 2 aromatic heterocycles. The molecule has 2 aromatic carbocycles. The molecule has 1 fully saturated rings. The Labute approximate surface area is 191 Å². The molecule has 0 radical (unpaired) electrons. The Morgan fingerprint density at radius 1 is 0.939 bits per heavy atom. The first kappa shape index (κ1) is 21.1. The molecule has 6 nitrogen and oxygen atoms in total. The first-order valence-corrected chi connectivity index (χ1v) is 11.5. The molecule has 0 atom stereocenters. The zero-order chi connectivity index (χ0) is 22.8. The highest BCUT2D eigenvalue weighted by Gasteiger charge is 2.20. The Hall–Kier alpha value is -3.80. The number of fused-ring (bicyclic) bond motifs is 1. The minimum atomic E-state index is -0.301. The van der Waals surface area contributed by atoms with Gasteiger partial charge in [-0.3, -0.25) is 19.1 Å². The summed E-state index contributed by atoms with van der Waals surface area (Å²) in [6, 6.07) is 20.4. The van der Waals surface area contributed by atoms with Gasteiger partial charge in [0.2, 0.25) is 0 Å². The number of carbonyl (C=O) groups is 1. The number of aryl methyl sites for hydroxylation is 1. The van der Waals surface area contributed by atoms with Gasteiger partial charge in [-0.05, 0) is 55.7 Å². The van der Waals surface area contributed by atoms with Crippen LogP contribution in [0, 0.1) is 6.92 Å². The van der Waals surface area contributed by atoms with Gasteiger partial charge in [0.05, 0.1) is 17.1 Å². The maximum atomic E-state index is 13.9. The molecule has 1 saturated carbocycles. The first-order valence-electron chi connectivity index (χ1n) is 11.5. The molecule has 0 bridgehead atoms. The molecule has 0 amide bonds. The second kappa shape index (κ2) is 8.98. The van der Waals surface area contributed by atoms with Crippen molar-refractivity contribution in [3.05, 3.63) is 100 Å². The normalized spacial score (nSPS) is 15.1. The van der Waals surface area contributed by atoms with Crippen LogP contribution in [0.1, 0.15) is 48.2 Å². The van der Waals surface area contributed by atoms with E-state index in [2.05, 4.69) is 5.10 Å². The maximum Gasteiger partial charge on any atom is 0.284 e. The SMILES string of the molecule is Cc1ccn(C(=O)c2nn(-c3ccccc3)c(=O)c3ccccc23)c(=NC2CCCCC2)c1. The van der Waals surface area contributed by atoms with Crippen LogP contribution in [0.2, 0.25) is 0 Å². The molecule has 5 rings (SSSR count). The molecule has 1 aliphatic carbocycles. The number of hydrogen-bond acceptors (Lipinski definition) is 4. The van der Waals surface area contributed by atoms with Gasteiger partial charge in [0.1, 0.15) is 5.49 Å². The lowest BCUT2D eigenvalue weighted by Crippen LogP contribution is -2.32. The number of aromatic nitrogens is 3. The Balaban J connectivity index is 1.71. The van der Waals surface area contributed by atoms with Gasteiger partial charge in [-0.2, -0.15) is 9.78 Å². The number of para-hydroxylation sites is 1. The molecule has 0 unspecified atom stereocenters. The zero-order valence-corrected chi connectivity index (χ0v) is 18.6. The molecule has 166 valence electrons. The van der Waals surface area contributed by atoms with Gasteiger partial charge in [-0.15, -0.1) is 0 Å². The average Bonchev–Trinajstić information content (AvgIpc) is 2.85. The van der Waals surface area contributed by atoms with E-state index >= 15 is 0 Å². The third kappa shape index (κ3) is 4.16. The van der Waals surface area contributed by atoms with E-state index in [1.54, 1.807) is 41.1 Å². The second-order valence-electron chi connectivity index (χ2n) is 8.61. The van der Waals surface area contributed by atoms with Gasteiger partial charge >= 0.3 is 0 Å². The van der Waals surface area contributed by atoms with Crippen molar-refractivity contribution in [3.63, 3.8) is 0 Å². The number of rotatable bonds is 3. The number of hydrogen-bond donors (Lipinski definition) is 0. The third-order valence-electron chi connectivity index (χ3n) is 6.21. The van der Waals surface area contributed by atoms with E-state index in [1.807, 2.05) is 43.3 Å². The summed E-state index contributed by atoms with van der Waals surface area (Å²) in [7, 11) is 0. The fourth-order valence-corrected chi connectivity index (χ4v) is 4.46. The van der Waals surface area contributed by atoms with Crippen molar-refractivity contribution in [2.75, 3.05) is 0 Å². The Bertz CT molecular complexity index is 1440. The van der Waals surface area contributed by atoms with Crippen LogP contribution in [-0.2, 0) is 0 Å². The van der Waals surface area contributed by atoms with Crippen LogP contribution in [0.4, 0.5) is 0 Å². The minimum Gasteiger partial charge on any atom is -0.267 e. The molecule has 0 spiro atoms. The fraction of sp³-hybridized carbons (Fsp3) is 0.259. The summed E-state index contributed by atoms with van der Waals surface area (Å²) < 4.78 is 2.87. The van der Waals surface area contributed by atoms with E-state index in [0.29, 0.717) is 21.9 Å². The number of pyridine rings is 1. The number of benzene rings is 2. The van der Waals surface area contributed by atoms with Crippen molar-refractivity contribution in [1.29, 1.82) is 0 Å². The summed E-state index contributed by atoms with van der Waals surface area (Å²) >= 11 is 0. The van der Waals surface area contributed by atoms with Crippen LogP contribution in [0.15, 0.2) is 82.7 Å². The van der Waals surface area contributed by atoms with Crippen LogP contribution in [0.3, 0.4) is 0 Å². The summed E-state index contributed by atoms with van der Waals surface area (Å²) in [6.45, 7) is 2.00. The van der Waals surface area contributed by atoms with Crippen molar-refractivity contribution in [3.8, 4) is 5.69 Å². The van der Waals surface area contributed by atoms with Gasteiger partial charge < -0.3 is 0 Å². The summed E-state index contributed by atoms with van der Waals surface area (Å²) in [4.78, 5) is 32.0. The standard InChI is InChI=1S/C27H26N4O2/c1-19-16-17-30(24(18-19)28-20-10-4-2-5-11-20)27(33)25-22-14-8-9-15-23(22)26(32)31(29-25)21-12-6-3-7-13-21/h3,6-9,12-18,20H,2,4-5,10-11H2,1H3. The lowest BCUT2D eigenvalue weighted by molar-refractivity contribution is 0.0949. The molecule has 2 heterocycles. The Morgan fingerprint density at radius 2 is 1.64 bits per heavy atom. The van der Waals surface area contributed by atoms with Crippen molar-refractivity contribution in [1.82, 2.24) is 14.3 Å². The van der Waals surface area contributed by atoms with Crippen molar-refractivity contribution in [2.24, 2.45) is 4.99 Å². The number of carbonyl (C=O) groups excluding carboxylic acids is 1. The quantitative estimate of drug-likeness (QED) is 0.476. The lowest BCUT2D eigenvalue weighted by Gasteiger charge is -2.18. The molecule has 33 heavy (non-hydrogen) atoms. The molecular weight excluding hydrogens is 412 g/mol. The van der Waals surface area contributed by atoms with E-state index < -0.39 is 0 Å². The molecule has 4 aromatic rings. The predicted molar refractivity (Wildman–Crippen MR) is 129 cm³/mol. The topological polar surface area (TPSA) is 69.2 Å². The fourth-order valence-electron chi connectivity index (χ4n) is 4.46. The molecule has 0 aliphatic heterocycles. The summed E-state index contributed by atoms with van der Waals surface area (Å²) in [5.74, 6) is -0.301. The molecule has 6 heteroatoms. The zero-order valence-electron chi connectivity index (χ0n) is 18.6. The third-order valence-corrected chi connectivity index (χ3v) is 6.21. The van der Waals surface area contributed by atoms with Gasteiger partial charge in [-0.25, -0.2) is 0 Å². The summed E-state index contributed by atoms with van der Waals surface area (Å²) in [6.07, 6.45) is 7.43. The highest BCUT2D eigenvalue weighted by Crippen LogP contribution is 2.20. The first-order chi connectivity index (χ1) is 16.1. The lowest BCUT2D eigenvalue weighted by atomic mass is 9.96. The second-order valence-corrected chi connectivity index (χ2v) is 8.61. The van der Waals surface area contributed by atoms with E-state index in [0.717, 1.165) is 18.4 Å². The van der Waals surface area contributed by atoms with Crippen molar-refractivity contribution >= 4 is 16.7 Å². The smallest absolute Gasteiger partial charge is 0.267 e. The Morgan fingerprint density at radius 3 is 2.39 bits per heavy atom. The molecule has 1 aliphatic rings. The number of nitrogens with zero attached hydrogens (tertiary/aromatic N) is 4. The van der Waals surface area contributed by atoms with Gasteiger partial charge in [0, 0.05) is 11.6 Å². The van der Waals surface area contributed by atoms with Crippen molar-refractivity contribution in [2.45, 2.75) is 45.1 Å². The van der Waals surface area contributed by atoms with E-state index in [1.165, 1.54) is 23.9 Å². The van der Waals surface area contributed by atoms with Crippen LogP contribution in [0.25, 0.3) is 16.5 Å². The molecule has 0 saturated heterocycles. The summed E-state index contributed by atoms with van der Waals surface area (Å²) in [5.41, 5.74) is 2.26. The van der Waals surface area contributed by atoms with Gasteiger partial charge in [0.15, 0.2) is 5.69 Å². The molecule has 0 N–H and O–H groups in total. The van der Waals surface area contributed by atoms with E-state index in [9.17, 15) is 9.59 Å². The van der Waals surface area contributed by atoms with Gasteiger partial charge in [-0.1, -0.05) is 55.7 Å². The molecular formula is C27H26N4O2. The minimum absolute atomic E-state index is 0.225. The highest BCUT2D eigenvalue weighted by molar-refractivity contribution is 6.05. The largest absolute Gasteiger partial charge is 0.284 e.